The summed E-state index contributed by atoms with van der Waals surface area (Å²) < 4.78 is 47.0. The highest BCUT2D eigenvalue weighted by molar-refractivity contribution is 5.89. The second-order valence-corrected chi connectivity index (χ2v) is 8.36. The van der Waals surface area contributed by atoms with Gasteiger partial charge in [-0.3, -0.25) is 14.7 Å². The fraction of sp³-hybridized carbons (Fsp3) is 0.379. The number of carbonyl (C=O) groups excluding carboxylic acids is 1. The van der Waals surface area contributed by atoms with Gasteiger partial charge in [0, 0.05) is 56.1 Å². The average Bonchev–Trinajstić information content (AvgIpc) is 3.19. The van der Waals surface area contributed by atoms with Crippen LogP contribution in [0.25, 0.3) is 10.9 Å². The molecule has 37 heavy (non-hydrogen) atoms. The highest BCUT2D eigenvalue weighted by atomic mass is 19.4. The third kappa shape index (κ3) is 8.32. The van der Waals surface area contributed by atoms with Gasteiger partial charge in [0.05, 0.1) is 17.7 Å². The number of nitrogens with zero attached hydrogens (tertiary/aromatic N) is 3. The van der Waals surface area contributed by atoms with Gasteiger partial charge in [-0.05, 0) is 37.5 Å². The van der Waals surface area contributed by atoms with Crippen LogP contribution in [0.15, 0.2) is 66.3 Å². The minimum atomic E-state index is -4.34. The number of hydrogen-bond donors (Lipinski definition) is 0. The number of carbonyl (C=O) groups is 1. The number of ether oxygens (including phenoxy) is 1. The Hall–Kier alpha value is -3.39. The lowest BCUT2D eigenvalue weighted by Crippen LogP contribution is -2.30. The van der Waals surface area contributed by atoms with Gasteiger partial charge >= 0.3 is 6.18 Å². The first kappa shape index (κ1) is 29.8. The zero-order valence-electron chi connectivity index (χ0n) is 21.8. The molecule has 0 amide bonds. The summed E-state index contributed by atoms with van der Waals surface area (Å²) in [6.45, 7) is 12.9. The van der Waals surface area contributed by atoms with Gasteiger partial charge in [0.1, 0.15) is 0 Å². The van der Waals surface area contributed by atoms with E-state index in [4.69, 9.17) is 0 Å². The van der Waals surface area contributed by atoms with Crippen molar-refractivity contribution in [3.8, 4) is 0 Å². The van der Waals surface area contributed by atoms with Gasteiger partial charge in [-0.2, -0.15) is 13.2 Å². The third-order valence-electron chi connectivity index (χ3n) is 5.84. The highest BCUT2D eigenvalue weighted by Gasteiger charge is 2.36. The molecule has 0 spiro atoms. The topological polar surface area (TPSA) is 46.8 Å². The summed E-state index contributed by atoms with van der Waals surface area (Å²) >= 11 is 0. The van der Waals surface area contributed by atoms with E-state index < -0.39 is 11.7 Å². The van der Waals surface area contributed by atoms with Crippen LogP contribution >= 0.6 is 0 Å². The predicted octanol–water partition coefficient (Wildman–Crippen LogP) is 7.03. The largest absolute Gasteiger partial charge is 0.468 e. The van der Waals surface area contributed by atoms with Crippen molar-refractivity contribution < 1.29 is 22.7 Å². The average molecular weight is 516 g/mol. The van der Waals surface area contributed by atoms with Crippen LogP contribution in [0.5, 0.6) is 0 Å². The molecule has 0 saturated heterocycles. The van der Waals surface area contributed by atoms with E-state index in [1.807, 2.05) is 42.7 Å². The first-order chi connectivity index (χ1) is 17.8. The van der Waals surface area contributed by atoms with E-state index in [-0.39, 0.29) is 0 Å². The maximum atomic E-state index is 13.6. The molecule has 0 saturated carbocycles. The molecule has 0 N–H and O–H groups in total. The second-order valence-electron chi connectivity index (χ2n) is 8.36. The summed E-state index contributed by atoms with van der Waals surface area (Å²) in [5.74, 6) is 0. The Morgan fingerprint density at radius 1 is 1.11 bits per heavy atom. The number of alkyl halides is 3. The smallest absolute Gasteiger partial charge is 0.418 e. The van der Waals surface area contributed by atoms with Crippen LogP contribution in [0.2, 0.25) is 0 Å². The number of rotatable bonds is 7. The Kier molecular flexibility index (Phi) is 12.1. The van der Waals surface area contributed by atoms with E-state index in [0.717, 1.165) is 42.6 Å². The Bertz CT molecular complexity index is 1150. The molecule has 8 heteroatoms. The monoisotopic (exact) mass is 515 g/mol. The van der Waals surface area contributed by atoms with Crippen molar-refractivity contribution in [2.45, 2.75) is 59.4 Å². The molecule has 0 atom stereocenters. The van der Waals surface area contributed by atoms with E-state index in [1.165, 1.54) is 23.9 Å². The van der Waals surface area contributed by atoms with Crippen LogP contribution < -0.4 is 0 Å². The molecule has 2 heterocycles. The van der Waals surface area contributed by atoms with Gasteiger partial charge in [0.15, 0.2) is 0 Å². The van der Waals surface area contributed by atoms with Crippen molar-refractivity contribution in [3.05, 3.63) is 83.7 Å². The Morgan fingerprint density at radius 3 is 2.35 bits per heavy atom. The Balaban J connectivity index is 0.000000412. The Labute approximate surface area is 217 Å². The minimum Gasteiger partial charge on any atom is -0.468 e. The summed E-state index contributed by atoms with van der Waals surface area (Å²) in [6, 6.07) is 14.8. The second kappa shape index (κ2) is 15.0. The highest BCUT2D eigenvalue weighted by Crippen LogP contribution is 2.40. The number of hydrogen-bond acceptors (Lipinski definition) is 4. The number of benzene rings is 2. The molecule has 4 rings (SSSR count). The molecule has 200 valence electrons. The summed E-state index contributed by atoms with van der Waals surface area (Å²) in [5.41, 5.74) is 3.21. The molecular weight excluding hydrogens is 479 g/mol. The molecule has 1 aromatic heterocycles. The van der Waals surface area contributed by atoms with E-state index in [9.17, 15) is 18.0 Å². The summed E-state index contributed by atoms with van der Waals surface area (Å²) in [6.07, 6.45) is 0.451. The number of aliphatic imine (C=N–C) groups is 1. The van der Waals surface area contributed by atoms with E-state index in [1.54, 1.807) is 13.1 Å². The zero-order valence-corrected chi connectivity index (χ0v) is 21.8. The third-order valence-corrected chi connectivity index (χ3v) is 5.84. The van der Waals surface area contributed by atoms with Gasteiger partial charge in [-0.15, -0.1) is 0 Å². The predicted molar refractivity (Wildman–Crippen MR) is 144 cm³/mol. The summed E-state index contributed by atoms with van der Waals surface area (Å²) in [4.78, 5) is 15.1. The lowest BCUT2D eigenvalue weighted by molar-refractivity contribution is -0.136. The lowest BCUT2D eigenvalue weighted by atomic mass is 10.0. The maximum absolute atomic E-state index is 13.6. The van der Waals surface area contributed by atoms with Crippen molar-refractivity contribution in [2.75, 3.05) is 13.2 Å². The standard InChI is InChI=1S/C22H23F3N2.C4H7N.C3H6O2/c1-2-12-27-20-11-13-26(14-16-7-4-3-5-8-16)15-18(20)17-9-6-10-19(21(17)27)22(23,24)25;1-3-5-4-2;1-2-5-3-4/h3-10H,2,11-15H2,1H3;3-4H,1H2,2H3;3H,2H2,1H3. The maximum Gasteiger partial charge on any atom is 0.418 e. The van der Waals surface area contributed by atoms with Crippen molar-refractivity contribution in [1.82, 2.24) is 9.47 Å². The van der Waals surface area contributed by atoms with Crippen LogP contribution in [-0.2, 0) is 41.8 Å². The molecule has 1 aliphatic heterocycles. The van der Waals surface area contributed by atoms with E-state index in [2.05, 4.69) is 33.3 Å². The van der Waals surface area contributed by atoms with Crippen molar-refractivity contribution in [2.24, 2.45) is 4.99 Å². The van der Waals surface area contributed by atoms with Crippen LogP contribution in [0.1, 0.15) is 49.6 Å². The first-order valence-corrected chi connectivity index (χ1v) is 12.4. The molecule has 2 aromatic carbocycles. The summed E-state index contributed by atoms with van der Waals surface area (Å²) in [7, 11) is 0. The number of halogens is 3. The fourth-order valence-corrected chi connectivity index (χ4v) is 4.41. The van der Waals surface area contributed by atoms with E-state index in [0.29, 0.717) is 31.7 Å². The number of aromatic nitrogens is 1. The van der Waals surface area contributed by atoms with Crippen LogP contribution in [-0.4, -0.2) is 35.3 Å². The van der Waals surface area contributed by atoms with Gasteiger partial charge in [-0.1, -0.05) is 56.0 Å². The Morgan fingerprint density at radius 2 is 1.84 bits per heavy atom. The van der Waals surface area contributed by atoms with Crippen molar-refractivity contribution in [3.63, 3.8) is 0 Å². The lowest BCUT2D eigenvalue weighted by Gasteiger charge is -2.28. The van der Waals surface area contributed by atoms with Gasteiger partial charge < -0.3 is 9.30 Å². The normalized spacial score (nSPS) is 13.2. The zero-order chi connectivity index (χ0) is 27.3. The van der Waals surface area contributed by atoms with Crippen LogP contribution in [0, 0.1) is 0 Å². The first-order valence-electron chi connectivity index (χ1n) is 12.4. The molecule has 0 bridgehead atoms. The number of fused-ring (bicyclic) bond motifs is 3. The van der Waals surface area contributed by atoms with Gasteiger partial charge in [-0.25, -0.2) is 0 Å². The summed E-state index contributed by atoms with van der Waals surface area (Å²) in [5, 5.41) is 0.756. The molecule has 0 fully saturated rings. The van der Waals surface area contributed by atoms with Gasteiger partial charge in [0.2, 0.25) is 0 Å². The van der Waals surface area contributed by atoms with E-state index >= 15 is 0 Å². The van der Waals surface area contributed by atoms with Gasteiger partial charge in [0.25, 0.3) is 6.47 Å². The van der Waals surface area contributed by atoms with Crippen molar-refractivity contribution in [1.29, 1.82) is 0 Å². The number of aryl methyl sites for hydroxylation is 1. The molecule has 3 aromatic rings. The quantitative estimate of drug-likeness (QED) is 0.251. The number of para-hydroxylation sites is 1. The van der Waals surface area contributed by atoms with Crippen molar-refractivity contribution >= 4 is 23.6 Å². The van der Waals surface area contributed by atoms with Crippen LogP contribution in [0.4, 0.5) is 13.2 Å². The SMILES string of the molecule is C=CN=CC.CCCn1c2c(c3cccc(C(F)(F)F)c31)CN(Cc1ccccc1)CC2.CCOC=O. The molecule has 0 aliphatic carbocycles. The fourth-order valence-electron chi connectivity index (χ4n) is 4.41. The molecule has 5 nitrogen and oxygen atoms in total. The molecule has 1 aliphatic rings. The molecule has 0 unspecified atom stereocenters. The molecular formula is C29H36F3N3O2. The van der Waals surface area contributed by atoms with Crippen LogP contribution in [0.3, 0.4) is 0 Å². The molecule has 0 radical (unpaired) electrons. The minimum absolute atomic E-state index is 0.360.